The third-order valence-electron chi connectivity index (χ3n) is 13.1. The number of aliphatic imine (C=N–C) groups is 3. The van der Waals surface area contributed by atoms with Crippen molar-refractivity contribution in [3.63, 3.8) is 0 Å². The molecule has 0 aliphatic carbocycles. The van der Waals surface area contributed by atoms with Gasteiger partial charge in [0.2, 0.25) is 29.5 Å². The number of amides is 5. The molecule has 5 amide bonds. The van der Waals surface area contributed by atoms with E-state index in [1.54, 1.807) is 12.1 Å². The Labute approximate surface area is 473 Å². The Balaban J connectivity index is 2.60. The lowest BCUT2D eigenvalue weighted by molar-refractivity contribution is -0.136. The van der Waals surface area contributed by atoms with E-state index in [1.807, 2.05) is 27.7 Å². The lowest BCUT2D eigenvalue weighted by atomic mass is 9.87. The van der Waals surface area contributed by atoms with Crippen LogP contribution in [0.3, 0.4) is 0 Å². The Morgan fingerprint density at radius 2 is 0.963 bits per heavy atom. The number of carbonyl (C=O) groups excluding carboxylic acids is 9. The molecular formula is C54H88N16O11. The lowest BCUT2D eigenvalue weighted by Gasteiger charge is -2.27. The zero-order valence-corrected chi connectivity index (χ0v) is 47.4. The number of ketones is 4. The summed E-state index contributed by atoms with van der Waals surface area (Å²) in [5.74, 6) is -10.6. The summed E-state index contributed by atoms with van der Waals surface area (Å²) in [6.07, 6.45) is 2.45. The van der Waals surface area contributed by atoms with Gasteiger partial charge in [-0.3, -0.25) is 53.3 Å². The SMILES string of the molecule is CC(=O)C[C@@H](Cc1ccc(O)cc1)C(=O)N[C@@H](CCCN=C(N)N)C(=O)C[C@@H](Cc1cnc[nH]1)C(=O)N[C@@H](CCCN=C(N)N)C(=O)C[C@@H](CCCN=C(N)N)C(=O)N[C@@H](CC(C)C)C(=O)C[C@@H](CC(C)C)C(=O)N[C@@H](CO)C(N)=O. The predicted molar refractivity (Wildman–Crippen MR) is 305 cm³/mol. The van der Waals surface area contributed by atoms with Crippen molar-refractivity contribution < 1.29 is 53.4 Å². The van der Waals surface area contributed by atoms with Gasteiger partial charge in [0.15, 0.2) is 35.2 Å². The molecule has 81 heavy (non-hydrogen) atoms. The largest absolute Gasteiger partial charge is 0.508 e. The van der Waals surface area contributed by atoms with E-state index in [9.17, 15) is 53.4 Å². The first-order valence-corrected chi connectivity index (χ1v) is 27.3. The number of phenolic OH excluding ortho intramolecular Hbond substituents is 1. The van der Waals surface area contributed by atoms with Crippen molar-refractivity contribution in [3.8, 4) is 5.75 Å². The van der Waals surface area contributed by atoms with E-state index < -0.39 is 114 Å². The summed E-state index contributed by atoms with van der Waals surface area (Å²) in [6, 6.07) is 1.13. The van der Waals surface area contributed by atoms with Crippen LogP contribution in [0.15, 0.2) is 51.8 Å². The van der Waals surface area contributed by atoms with E-state index in [0.29, 0.717) is 11.3 Å². The molecule has 1 aromatic carbocycles. The number of nitrogens with one attached hydrogen (secondary N) is 5. The van der Waals surface area contributed by atoms with Crippen LogP contribution in [0.1, 0.15) is 123 Å². The summed E-state index contributed by atoms with van der Waals surface area (Å²) in [6.45, 7) is 8.15. The van der Waals surface area contributed by atoms with Gasteiger partial charge in [-0.15, -0.1) is 0 Å². The number of aliphatic hydroxyl groups is 1. The summed E-state index contributed by atoms with van der Waals surface area (Å²) in [5.41, 5.74) is 39.9. The summed E-state index contributed by atoms with van der Waals surface area (Å²) in [7, 11) is 0. The number of phenols is 1. The van der Waals surface area contributed by atoms with Crippen molar-refractivity contribution in [2.75, 3.05) is 26.2 Å². The maximum Gasteiger partial charge on any atom is 0.242 e. The van der Waals surface area contributed by atoms with Crippen molar-refractivity contribution in [1.29, 1.82) is 0 Å². The first-order valence-electron chi connectivity index (χ1n) is 27.3. The fourth-order valence-electron chi connectivity index (χ4n) is 9.06. The molecule has 0 bridgehead atoms. The molecule has 0 fully saturated rings. The maximum absolute atomic E-state index is 14.7. The number of benzene rings is 1. The number of hydrogen-bond donors (Lipinski definition) is 14. The molecule has 0 spiro atoms. The second-order valence-electron chi connectivity index (χ2n) is 21.3. The van der Waals surface area contributed by atoms with Gasteiger partial charge in [-0.05, 0) is 94.2 Å². The first-order chi connectivity index (χ1) is 38.2. The molecule has 0 saturated carbocycles. The molecular weight excluding hydrogens is 1050 g/mol. The average molecular weight is 1140 g/mol. The van der Waals surface area contributed by atoms with Gasteiger partial charge >= 0.3 is 0 Å². The van der Waals surface area contributed by atoms with E-state index in [1.165, 1.54) is 31.6 Å². The molecule has 8 atom stereocenters. The van der Waals surface area contributed by atoms with Crippen molar-refractivity contribution >= 4 is 70.5 Å². The van der Waals surface area contributed by atoms with Crippen LogP contribution in [-0.2, 0) is 56.0 Å². The quantitative estimate of drug-likeness (QED) is 0.0213. The van der Waals surface area contributed by atoms with Crippen LogP contribution in [0.4, 0.5) is 0 Å². The minimum atomic E-state index is -1.39. The highest BCUT2D eigenvalue weighted by Gasteiger charge is 2.36. The minimum Gasteiger partial charge on any atom is -0.508 e. The van der Waals surface area contributed by atoms with Crippen LogP contribution in [0.25, 0.3) is 0 Å². The molecule has 2 aromatic rings. The molecule has 27 heteroatoms. The highest BCUT2D eigenvalue weighted by Crippen LogP contribution is 2.24. The highest BCUT2D eigenvalue weighted by molar-refractivity contribution is 5.98. The summed E-state index contributed by atoms with van der Waals surface area (Å²) in [5, 5.41) is 30.4. The molecule has 0 saturated heterocycles. The first kappa shape index (κ1) is 69.1. The standard InChI is InChI=1S/C54H88N16O11/c1-30(2)19-35(49(79)70-43(28-71)47(55)77)25-46(76)42(20-31(3)4)69-48(78)34(9-6-16-63-52(56)57)24-44(74)40(10-7-17-64-53(58)59)68-51(81)37(23-38-27-62-29-66-38)26-45(75)41(11-8-18-65-54(60)61)67-50(80)36(21-32(5)72)22-33-12-14-39(73)15-13-33/h12-15,27,29-31,34-37,40-43,71,73H,6-11,16-26,28H2,1-5H3,(H2,55,77)(H,62,66)(H,67,80)(H,68,81)(H,69,78)(H,70,79)(H4,56,57,63)(H4,58,59,64)(H4,60,61,65)/t34-,35-,36+,37-,40+,41+,42+,43+/m1/s1. The minimum absolute atomic E-state index is 0.00833. The van der Waals surface area contributed by atoms with E-state index in [-0.39, 0.29) is 138 Å². The van der Waals surface area contributed by atoms with Crippen LogP contribution in [-0.4, -0.2) is 141 Å². The Kier molecular flexibility index (Phi) is 31.0. The third kappa shape index (κ3) is 28.1. The number of aromatic hydroxyl groups is 1. The molecule has 0 aliphatic rings. The number of aliphatic hydroxyl groups excluding tert-OH is 1. The van der Waals surface area contributed by atoms with Crippen LogP contribution in [0, 0.1) is 35.5 Å². The number of aromatic nitrogens is 2. The average Bonchev–Trinajstić information content (AvgIpc) is 3.93. The summed E-state index contributed by atoms with van der Waals surface area (Å²) < 4.78 is 0. The molecule has 21 N–H and O–H groups in total. The number of hydrogen-bond acceptors (Lipinski definition) is 15. The van der Waals surface area contributed by atoms with E-state index in [2.05, 4.69) is 46.2 Å². The van der Waals surface area contributed by atoms with Gasteiger partial charge in [0, 0.05) is 81.4 Å². The van der Waals surface area contributed by atoms with E-state index >= 15 is 0 Å². The fraction of sp³-hybridized carbons (Fsp3) is 0.611. The van der Waals surface area contributed by atoms with Gasteiger partial charge in [-0.2, -0.15) is 0 Å². The van der Waals surface area contributed by atoms with Crippen LogP contribution >= 0.6 is 0 Å². The van der Waals surface area contributed by atoms with Gasteiger partial charge in [0.1, 0.15) is 17.6 Å². The predicted octanol–water partition coefficient (Wildman–Crippen LogP) is -1.11. The highest BCUT2D eigenvalue weighted by atomic mass is 16.3. The van der Waals surface area contributed by atoms with Gasteiger partial charge in [0.25, 0.3) is 0 Å². The topological polar surface area (TPSA) is 490 Å². The Bertz CT molecular complexity index is 2450. The molecule has 1 heterocycles. The lowest BCUT2D eigenvalue weighted by Crippen LogP contribution is -2.50. The van der Waals surface area contributed by atoms with Gasteiger partial charge in [-0.1, -0.05) is 39.8 Å². The number of rotatable bonds is 41. The number of Topliss-reactive ketones (excluding diaryl/α,β-unsaturated/α-hetero) is 4. The fourth-order valence-corrected chi connectivity index (χ4v) is 9.06. The van der Waals surface area contributed by atoms with Crippen molar-refractivity contribution in [1.82, 2.24) is 31.2 Å². The third-order valence-corrected chi connectivity index (χ3v) is 13.1. The molecule has 0 radical (unpaired) electrons. The number of primary amides is 1. The summed E-state index contributed by atoms with van der Waals surface area (Å²) in [4.78, 5) is 143. The van der Waals surface area contributed by atoms with Gasteiger partial charge in [-0.25, -0.2) is 4.98 Å². The maximum atomic E-state index is 14.7. The van der Waals surface area contributed by atoms with Crippen molar-refractivity contribution in [2.24, 2.45) is 90.6 Å². The number of nitrogens with two attached hydrogens (primary N) is 7. The van der Waals surface area contributed by atoms with Crippen molar-refractivity contribution in [3.05, 3.63) is 48.0 Å². The van der Waals surface area contributed by atoms with E-state index in [4.69, 9.17) is 40.1 Å². The number of guanidine groups is 3. The molecule has 27 nitrogen and oxygen atoms in total. The van der Waals surface area contributed by atoms with Crippen LogP contribution in [0.5, 0.6) is 5.75 Å². The Hall–Kier alpha value is -7.97. The van der Waals surface area contributed by atoms with Gasteiger partial charge in [0.05, 0.1) is 37.0 Å². The molecule has 0 unspecified atom stereocenters. The van der Waals surface area contributed by atoms with Gasteiger partial charge < -0.3 is 81.4 Å². The molecule has 0 aliphatic heterocycles. The number of carbonyl (C=O) groups is 9. The zero-order chi connectivity index (χ0) is 60.8. The number of H-pyrrole nitrogens is 1. The smallest absolute Gasteiger partial charge is 0.242 e. The number of nitrogens with zero attached hydrogens (tertiary/aromatic N) is 4. The normalized spacial score (nSPS) is 14.1. The summed E-state index contributed by atoms with van der Waals surface area (Å²) >= 11 is 0. The second-order valence-corrected chi connectivity index (χ2v) is 21.3. The monoisotopic (exact) mass is 1140 g/mol. The number of imidazole rings is 1. The Morgan fingerprint density at radius 3 is 1.41 bits per heavy atom. The molecule has 450 valence electrons. The molecule has 1 aromatic heterocycles. The number of aromatic amines is 1. The second kappa shape index (κ2) is 36.3. The zero-order valence-electron chi connectivity index (χ0n) is 47.4. The molecule has 2 rings (SSSR count). The Morgan fingerprint density at radius 1 is 0.543 bits per heavy atom. The van der Waals surface area contributed by atoms with Crippen LogP contribution < -0.4 is 61.4 Å². The van der Waals surface area contributed by atoms with E-state index in [0.717, 1.165) is 0 Å². The van der Waals surface area contributed by atoms with Crippen molar-refractivity contribution in [2.45, 2.75) is 149 Å². The van der Waals surface area contributed by atoms with Crippen LogP contribution in [0.2, 0.25) is 0 Å².